The number of ether oxygens (including phenoxy) is 1. The molecule has 0 aromatic rings. The van der Waals surface area contributed by atoms with Crippen molar-refractivity contribution in [3.05, 3.63) is 0 Å². The predicted molar refractivity (Wildman–Crippen MR) is 59.3 cm³/mol. The van der Waals surface area contributed by atoms with Crippen LogP contribution in [0.5, 0.6) is 0 Å². The van der Waals surface area contributed by atoms with Crippen molar-refractivity contribution in [2.75, 3.05) is 26.8 Å². The number of hydrogen-bond acceptors (Lipinski definition) is 4. The van der Waals surface area contributed by atoms with Gasteiger partial charge in [0.05, 0.1) is 12.7 Å². The van der Waals surface area contributed by atoms with Crippen molar-refractivity contribution in [1.29, 1.82) is 0 Å². The van der Waals surface area contributed by atoms with E-state index in [4.69, 9.17) is 9.84 Å². The van der Waals surface area contributed by atoms with E-state index in [1.54, 1.807) is 0 Å². The summed E-state index contributed by atoms with van der Waals surface area (Å²) >= 11 is 0. The maximum absolute atomic E-state index is 11.1. The fourth-order valence-corrected chi connectivity index (χ4v) is 2.18. The number of aliphatic hydroxyl groups is 1. The van der Waals surface area contributed by atoms with Crippen molar-refractivity contribution >= 4 is 5.97 Å². The van der Waals surface area contributed by atoms with Crippen LogP contribution in [0.1, 0.15) is 19.8 Å². The Kier molecular flexibility index (Phi) is 5.18. The van der Waals surface area contributed by atoms with Gasteiger partial charge in [0.15, 0.2) is 0 Å². The Hall–Kier alpha value is -0.650. The lowest BCUT2D eigenvalue weighted by Gasteiger charge is -2.36. The quantitative estimate of drug-likeness (QED) is 0.706. The first-order valence-corrected chi connectivity index (χ1v) is 5.68. The van der Waals surface area contributed by atoms with Crippen LogP contribution >= 0.6 is 0 Å². The molecule has 1 heterocycles. The Balaban J connectivity index is 2.52. The molecule has 5 nitrogen and oxygen atoms in total. The smallest absolute Gasteiger partial charge is 0.320 e. The van der Waals surface area contributed by atoms with Gasteiger partial charge in [-0.05, 0) is 25.3 Å². The highest BCUT2D eigenvalue weighted by Crippen LogP contribution is 2.22. The van der Waals surface area contributed by atoms with Gasteiger partial charge in [-0.2, -0.15) is 0 Å². The number of carbonyl (C=O) groups is 1. The van der Waals surface area contributed by atoms with Gasteiger partial charge in [0.25, 0.3) is 0 Å². The highest BCUT2D eigenvalue weighted by Gasteiger charge is 2.32. The number of methoxy groups -OCH3 is 1. The minimum absolute atomic E-state index is 0.248. The average Bonchev–Trinajstić information content (AvgIpc) is 2.20. The van der Waals surface area contributed by atoms with Crippen LogP contribution in [0.15, 0.2) is 0 Å². The Morgan fingerprint density at radius 2 is 2.31 bits per heavy atom. The van der Waals surface area contributed by atoms with Crippen LogP contribution in [0.2, 0.25) is 0 Å². The minimum Gasteiger partial charge on any atom is -0.480 e. The normalized spacial score (nSPS) is 28.9. The minimum atomic E-state index is -0.795. The summed E-state index contributed by atoms with van der Waals surface area (Å²) in [6.07, 6.45) is 1.04. The maximum Gasteiger partial charge on any atom is 0.320 e. The third-order valence-corrected chi connectivity index (χ3v) is 3.06. The summed E-state index contributed by atoms with van der Waals surface area (Å²) in [5, 5.41) is 18.7. The van der Waals surface area contributed by atoms with Gasteiger partial charge >= 0.3 is 5.97 Å². The monoisotopic (exact) mass is 231 g/mol. The number of piperidine rings is 1. The van der Waals surface area contributed by atoms with E-state index in [9.17, 15) is 9.90 Å². The molecule has 94 valence electrons. The Morgan fingerprint density at radius 1 is 1.62 bits per heavy atom. The van der Waals surface area contributed by atoms with E-state index in [0.717, 1.165) is 13.0 Å². The second-order valence-corrected chi connectivity index (χ2v) is 4.59. The molecule has 0 aromatic carbocycles. The molecule has 5 heteroatoms. The van der Waals surface area contributed by atoms with Crippen molar-refractivity contribution < 1.29 is 19.7 Å². The zero-order chi connectivity index (χ0) is 12.1. The number of β-amino-alcohol motifs (C(OH)–C–C–N with tert-alkyl or cyclic N) is 1. The number of carboxylic acids is 1. The standard InChI is InChI=1S/C11H21NO4/c1-8-3-4-12(6-9(13)7-16-2)10(5-8)11(14)15/h8-10,13H,3-7H2,1-2H3,(H,14,15). The summed E-state index contributed by atoms with van der Waals surface area (Å²) in [6, 6.07) is -0.463. The van der Waals surface area contributed by atoms with Crippen LogP contribution in [-0.2, 0) is 9.53 Å². The van der Waals surface area contributed by atoms with Gasteiger partial charge in [-0.1, -0.05) is 6.92 Å². The van der Waals surface area contributed by atoms with Gasteiger partial charge in [-0.25, -0.2) is 0 Å². The fraction of sp³-hybridized carbons (Fsp3) is 0.909. The number of aliphatic carboxylic acids is 1. The molecule has 1 saturated heterocycles. The molecule has 1 rings (SSSR count). The number of carboxylic acid groups (broad SMARTS) is 1. The van der Waals surface area contributed by atoms with Crippen molar-refractivity contribution in [1.82, 2.24) is 4.90 Å². The van der Waals surface area contributed by atoms with Gasteiger partial charge in [0.1, 0.15) is 6.04 Å². The van der Waals surface area contributed by atoms with Crippen molar-refractivity contribution in [3.63, 3.8) is 0 Å². The van der Waals surface area contributed by atoms with E-state index in [0.29, 0.717) is 18.9 Å². The molecule has 2 N–H and O–H groups in total. The topological polar surface area (TPSA) is 70.0 Å². The van der Waals surface area contributed by atoms with E-state index >= 15 is 0 Å². The highest BCUT2D eigenvalue weighted by molar-refractivity contribution is 5.73. The van der Waals surface area contributed by atoms with Crippen molar-refractivity contribution in [2.24, 2.45) is 5.92 Å². The van der Waals surface area contributed by atoms with Crippen molar-refractivity contribution in [2.45, 2.75) is 31.9 Å². The maximum atomic E-state index is 11.1. The van der Waals surface area contributed by atoms with Crippen LogP contribution in [-0.4, -0.2) is 60.0 Å². The lowest BCUT2D eigenvalue weighted by atomic mass is 9.92. The summed E-state index contributed by atoms with van der Waals surface area (Å²) in [5.41, 5.74) is 0. The molecular formula is C11H21NO4. The lowest BCUT2D eigenvalue weighted by molar-refractivity contribution is -0.146. The fourth-order valence-electron chi connectivity index (χ4n) is 2.18. The van der Waals surface area contributed by atoms with Gasteiger partial charge in [0.2, 0.25) is 0 Å². The van der Waals surface area contributed by atoms with Crippen LogP contribution < -0.4 is 0 Å². The first-order chi connectivity index (χ1) is 7.54. The van der Waals surface area contributed by atoms with E-state index in [1.807, 2.05) is 4.90 Å². The largest absolute Gasteiger partial charge is 0.480 e. The Labute approximate surface area is 96.0 Å². The summed E-state index contributed by atoms with van der Waals surface area (Å²) in [6.45, 7) is 3.42. The number of aliphatic hydroxyl groups excluding tert-OH is 1. The van der Waals surface area contributed by atoms with Gasteiger partial charge in [-0.15, -0.1) is 0 Å². The van der Waals surface area contributed by atoms with E-state index in [2.05, 4.69) is 6.92 Å². The predicted octanol–water partition coefficient (Wildman–Crippen LogP) is 0.179. The zero-order valence-electron chi connectivity index (χ0n) is 9.93. The summed E-state index contributed by atoms with van der Waals surface area (Å²) < 4.78 is 4.84. The summed E-state index contributed by atoms with van der Waals surface area (Å²) in [7, 11) is 1.52. The molecule has 0 bridgehead atoms. The Bertz CT molecular complexity index is 234. The summed E-state index contributed by atoms with van der Waals surface area (Å²) in [4.78, 5) is 12.9. The number of nitrogens with zero attached hydrogens (tertiary/aromatic N) is 1. The first-order valence-electron chi connectivity index (χ1n) is 5.68. The molecule has 16 heavy (non-hydrogen) atoms. The lowest BCUT2D eigenvalue weighted by Crippen LogP contribution is -2.50. The van der Waals surface area contributed by atoms with Crippen molar-refractivity contribution in [3.8, 4) is 0 Å². The Morgan fingerprint density at radius 3 is 2.88 bits per heavy atom. The highest BCUT2D eigenvalue weighted by atomic mass is 16.5. The molecule has 0 aromatic heterocycles. The third-order valence-electron chi connectivity index (χ3n) is 3.06. The molecular weight excluding hydrogens is 210 g/mol. The number of hydrogen-bond donors (Lipinski definition) is 2. The zero-order valence-corrected chi connectivity index (χ0v) is 9.93. The second kappa shape index (κ2) is 6.18. The molecule has 0 saturated carbocycles. The average molecular weight is 231 g/mol. The molecule has 1 aliphatic heterocycles. The van der Waals surface area contributed by atoms with E-state index in [-0.39, 0.29) is 6.61 Å². The second-order valence-electron chi connectivity index (χ2n) is 4.59. The van der Waals surface area contributed by atoms with Crippen LogP contribution in [0.3, 0.4) is 0 Å². The molecule has 1 fully saturated rings. The third kappa shape index (κ3) is 3.73. The molecule has 3 atom stereocenters. The van der Waals surface area contributed by atoms with Crippen LogP contribution in [0.25, 0.3) is 0 Å². The molecule has 0 aliphatic carbocycles. The van der Waals surface area contributed by atoms with E-state index < -0.39 is 18.1 Å². The number of likely N-dealkylation sites (tertiary alicyclic amines) is 1. The van der Waals surface area contributed by atoms with Gasteiger partial charge < -0.3 is 14.9 Å². The van der Waals surface area contributed by atoms with Crippen LogP contribution in [0, 0.1) is 5.92 Å². The van der Waals surface area contributed by atoms with Crippen LogP contribution in [0.4, 0.5) is 0 Å². The SMILES string of the molecule is COCC(O)CN1CCC(C)CC1C(=O)O. The van der Waals surface area contributed by atoms with Gasteiger partial charge in [0, 0.05) is 13.7 Å². The molecule has 0 spiro atoms. The van der Waals surface area contributed by atoms with Gasteiger partial charge in [-0.3, -0.25) is 9.69 Å². The molecule has 0 radical (unpaired) electrons. The van der Waals surface area contributed by atoms with E-state index in [1.165, 1.54) is 7.11 Å². The molecule has 3 unspecified atom stereocenters. The summed E-state index contributed by atoms with van der Waals surface area (Å²) in [5.74, 6) is -0.354. The molecule has 0 amide bonds. The molecule has 1 aliphatic rings. The number of rotatable bonds is 5. The first kappa shape index (κ1) is 13.4.